The Labute approximate surface area is 142 Å². The lowest BCUT2D eigenvalue weighted by atomic mass is 10.0. The Balaban J connectivity index is 2.16. The third-order valence-electron chi connectivity index (χ3n) is 3.64. The van der Waals surface area contributed by atoms with Crippen molar-refractivity contribution in [3.63, 3.8) is 0 Å². The van der Waals surface area contributed by atoms with Crippen molar-refractivity contribution in [2.45, 2.75) is 12.6 Å². The van der Waals surface area contributed by atoms with E-state index in [2.05, 4.69) is 10.3 Å². The Morgan fingerprint density at radius 3 is 2.64 bits per heavy atom. The first-order valence-corrected chi connectivity index (χ1v) is 7.54. The number of rotatable bonds is 5. The predicted molar refractivity (Wildman–Crippen MR) is 87.4 cm³/mol. The summed E-state index contributed by atoms with van der Waals surface area (Å²) in [5.41, 5.74) is -0.543. The van der Waals surface area contributed by atoms with Crippen LogP contribution in [-0.4, -0.2) is 10.2 Å². The fourth-order valence-electron chi connectivity index (χ4n) is 2.46. The maximum Gasteiger partial charge on any atom is 0.273 e. The van der Waals surface area contributed by atoms with Crippen LogP contribution >= 0.6 is 0 Å². The van der Waals surface area contributed by atoms with E-state index in [4.69, 9.17) is 4.42 Å². The number of benzene rings is 1. The molecule has 1 aromatic carbocycles. The van der Waals surface area contributed by atoms with Crippen LogP contribution in [0.5, 0.6) is 5.75 Å². The molecule has 3 aromatic rings. The Bertz CT molecular complexity index is 928. The van der Waals surface area contributed by atoms with E-state index < -0.39 is 29.6 Å². The highest BCUT2D eigenvalue weighted by molar-refractivity contribution is 5.43. The summed E-state index contributed by atoms with van der Waals surface area (Å²) in [6.07, 6.45) is 1.67. The molecule has 7 heteroatoms. The van der Waals surface area contributed by atoms with Crippen molar-refractivity contribution in [3.05, 3.63) is 87.9 Å². The molecule has 0 aliphatic heterocycles. The topological polar surface area (TPSA) is 96.8 Å². The van der Waals surface area contributed by atoms with E-state index >= 15 is 0 Å². The van der Waals surface area contributed by atoms with E-state index in [0.717, 1.165) is 6.07 Å². The first-order chi connectivity index (χ1) is 12.1. The first kappa shape index (κ1) is 16.7. The number of H-pyrrole nitrogens is 1. The number of anilines is 1. The van der Waals surface area contributed by atoms with Gasteiger partial charge in [-0.1, -0.05) is 24.3 Å². The van der Waals surface area contributed by atoms with Gasteiger partial charge >= 0.3 is 0 Å². The normalized spacial score (nSPS) is 11.9. The summed E-state index contributed by atoms with van der Waals surface area (Å²) in [5, 5.41) is 22.4. The lowest BCUT2D eigenvalue weighted by Gasteiger charge is -2.16. The minimum Gasteiger partial charge on any atom is -0.502 e. The van der Waals surface area contributed by atoms with Crippen LogP contribution in [0.4, 0.5) is 10.2 Å². The molecule has 0 bridgehead atoms. The van der Waals surface area contributed by atoms with Crippen molar-refractivity contribution in [1.29, 1.82) is 0 Å². The minimum absolute atomic E-state index is 0.0296. The number of halogens is 1. The van der Waals surface area contributed by atoms with Gasteiger partial charge in [-0.3, -0.25) is 10.1 Å². The van der Waals surface area contributed by atoms with Crippen molar-refractivity contribution in [2.75, 3.05) is 5.32 Å². The molecule has 4 N–H and O–H groups in total. The number of aromatic nitrogens is 1. The second-order valence-corrected chi connectivity index (χ2v) is 5.32. The molecule has 0 fully saturated rings. The third kappa shape index (κ3) is 3.51. The molecule has 2 heterocycles. The molecule has 0 radical (unpaired) electrons. The van der Waals surface area contributed by atoms with E-state index in [0.29, 0.717) is 5.82 Å². The van der Waals surface area contributed by atoms with Gasteiger partial charge in [-0.05, 0) is 12.1 Å². The molecule has 0 aliphatic carbocycles. The molecule has 1 atom stereocenters. The molecule has 6 nitrogen and oxygen atoms in total. The summed E-state index contributed by atoms with van der Waals surface area (Å²) in [6.45, 7) is -0.524. The number of aliphatic hydroxyl groups is 1. The molecule has 0 saturated heterocycles. The number of aliphatic hydroxyl groups excluding tert-OH is 1. The van der Waals surface area contributed by atoms with Gasteiger partial charge in [-0.2, -0.15) is 0 Å². The van der Waals surface area contributed by atoms with Crippen LogP contribution < -0.4 is 15.7 Å². The second kappa shape index (κ2) is 7.14. The lowest BCUT2D eigenvalue weighted by Crippen LogP contribution is -2.21. The highest BCUT2D eigenvalue weighted by atomic mass is 19.1. The monoisotopic (exact) mass is 343 g/mol. The van der Waals surface area contributed by atoms with Gasteiger partial charge in [0, 0.05) is 17.7 Å². The zero-order chi connectivity index (χ0) is 17.8. The van der Waals surface area contributed by atoms with Crippen LogP contribution in [0.15, 0.2) is 63.9 Å². The number of pyridine rings is 1. The van der Waals surface area contributed by atoms with Crippen LogP contribution in [-0.2, 0) is 6.61 Å². The summed E-state index contributed by atoms with van der Waals surface area (Å²) in [4.78, 5) is 14.9. The van der Waals surface area contributed by atoms with Crippen molar-refractivity contribution < 1.29 is 24.0 Å². The number of nitrogens with one attached hydrogen (secondary N) is 2. The van der Waals surface area contributed by atoms with Crippen LogP contribution in [0, 0.1) is 5.82 Å². The fourth-order valence-corrected chi connectivity index (χ4v) is 2.46. The Morgan fingerprint density at radius 2 is 1.96 bits per heavy atom. The first-order valence-electron chi connectivity index (χ1n) is 7.54. The van der Waals surface area contributed by atoms with Gasteiger partial charge in [0.15, 0.2) is 11.8 Å². The molecule has 0 aliphatic rings. The van der Waals surface area contributed by atoms with Gasteiger partial charge in [0.25, 0.3) is 5.82 Å². The van der Waals surface area contributed by atoms with Gasteiger partial charge < -0.3 is 14.6 Å². The molecule has 0 spiro atoms. The smallest absolute Gasteiger partial charge is 0.273 e. The van der Waals surface area contributed by atoms with Crippen molar-refractivity contribution in [3.8, 4) is 5.75 Å². The molecule has 2 aromatic heterocycles. The van der Waals surface area contributed by atoms with Gasteiger partial charge in [-0.15, -0.1) is 0 Å². The number of aromatic hydroxyl groups is 1. The average Bonchev–Trinajstić information content (AvgIpc) is 2.63. The van der Waals surface area contributed by atoms with Crippen LogP contribution in [0.3, 0.4) is 0 Å². The zero-order valence-electron chi connectivity index (χ0n) is 13.1. The summed E-state index contributed by atoms with van der Waals surface area (Å²) >= 11 is 0. The Hall–Kier alpha value is -3.19. The largest absolute Gasteiger partial charge is 0.502 e. The summed E-state index contributed by atoms with van der Waals surface area (Å²) in [6, 6.07) is 11.2. The van der Waals surface area contributed by atoms with Gasteiger partial charge in [0.2, 0.25) is 11.2 Å². The number of aromatic amines is 1. The molecule has 0 saturated carbocycles. The molecule has 1 unspecified atom stereocenters. The summed E-state index contributed by atoms with van der Waals surface area (Å²) < 4.78 is 19.8. The third-order valence-corrected chi connectivity index (χ3v) is 3.64. The molecule has 25 heavy (non-hydrogen) atoms. The van der Waals surface area contributed by atoms with Crippen LogP contribution in [0.1, 0.15) is 23.1 Å². The van der Waals surface area contributed by atoms with Gasteiger partial charge in [-0.25, -0.2) is 9.37 Å². The molecule has 0 amide bonds. The van der Waals surface area contributed by atoms with E-state index in [-0.39, 0.29) is 17.1 Å². The number of hydrogen-bond donors (Lipinski definition) is 3. The molecule has 3 rings (SSSR count). The Kier molecular flexibility index (Phi) is 4.76. The van der Waals surface area contributed by atoms with Crippen LogP contribution in [0.25, 0.3) is 0 Å². The number of hydrogen-bond acceptors (Lipinski definition) is 5. The maximum atomic E-state index is 14.3. The second-order valence-electron chi connectivity index (χ2n) is 5.32. The quantitative estimate of drug-likeness (QED) is 0.658. The highest BCUT2D eigenvalue weighted by Gasteiger charge is 2.29. The van der Waals surface area contributed by atoms with E-state index in [1.165, 1.54) is 18.2 Å². The highest BCUT2D eigenvalue weighted by Crippen LogP contribution is 2.31. The fraction of sp³-hybridized carbons (Fsp3) is 0.111. The molecular weight excluding hydrogens is 327 g/mol. The lowest BCUT2D eigenvalue weighted by molar-refractivity contribution is -0.361. The Morgan fingerprint density at radius 1 is 1.20 bits per heavy atom. The van der Waals surface area contributed by atoms with Crippen molar-refractivity contribution >= 4 is 5.82 Å². The predicted octanol–water partition coefficient (Wildman–Crippen LogP) is 1.99. The van der Waals surface area contributed by atoms with E-state index in [1.54, 1.807) is 30.5 Å². The van der Waals surface area contributed by atoms with Gasteiger partial charge in [0.05, 0.1) is 6.20 Å². The van der Waals surface area contributed by atoms with Gasteiger partial charge in [0.1, 0.15) is 18.2 Å². The summed E-state index contributed by atoms with van der Waals surface area (Å²) in [7, 11) is 0. The maximum absolute atomic E-state index is 14.3. The summed E-state index contributed by atoms with van der Waals surface area (Å²) in [5.74, 6) is -0.870. The average molecular weight is 343 g/mol. The zero-order valence-corrected chi connectivity index (χ0v) is 13.1. The molecule has 128 valence electrons. The van der Waals surface area contributed by atoms with Crippen molar-refractivity contribution in [2.24, 2.45) is 0 Å². The SMILES string of the molecule is O=c1cc(CO)oc(C(Nc2cccc[nH+]2)c2ccccc2F)c1O. The minimum atomic E-state index is -0.987. The standard InChI is InChI=1S/C18H15FN2O4/c19-13-6-2-1-5-12(13)16(21-15-7-3-4-8-20-15)18-17(24)14(23)9-11(10-22)25-18/h1-9,16,22,24H,10H2,(H,20,21)/p+1. The van der Waals surface area contributed by atoms with Crippen molar-refractivity contribution in [1.82, 2.24) is 0 Å². The molecular formula is C18H16FN2O4+. The van der Waals surface area contributed by atoms with Crippen LogP contribution in [0.2, 0.25) is 0 Å². The van der Waals surface area contributed by atoms with E-state index in [1.807, 2.05) is 0 Å². The van der Waals surface area contributed by atoms with E-state index in [9.17, 15) is 19.4 Å².